The van der Waals surface area contributed by atoms with E-state index in [4.69, 9.17) is 37.1 Å². The first kappa shape index (κ1) is 21.4. The molecule has 0 radical (unpaired) electrons. The Labute approximate surface area is 186 Å². The maximum Gasteiger partial charge on any atom is 0.269 e. The molecule has 0 spiro atoms. The molecule has 4 aromatic rings. The Morgan fingerprint density at radius 2 is 1.90 bits per heavy atom. The summed E-state index contributed by atoms with van der Waals surface area (Å²) in [5, 5.41) is 0.924. The molecule has 9 heteroatoms. The van der Waals surface area contributed by atoms with Gasteiger partial charge in [-0.05, 0) is 36.8 Å². The van der Waals surface area contributed by atoms with E-state index in [9.17, 15) is 9.59 Å². The van der Waals surface area contributed by atoms with Gasteiger partial charge in [-0.3, -0.25) is 14.2 Å². The molecule has 0 aliphatic heterocycles. The Balaban J connectivity index is 2.06. The van der Waals surface area contributed by atoms with Crippen LogP contribution in [0.5, 0.6) is 5.75 Å². The van der Waals surface area contributed by atoms with Crippen LogP contribution in [0.3, 0.4) is 0 Å². The van der Waals surface area contributed by atoms with Gasteiger partial charge >= 0.3 is 0 Å². The highest BCUT2D eigenvalue weighted by Crippen LogP contribution is 2.30. The van der Waals surface area contributed by atoms with Crippen molar-refractivity contribution >= 4 is 45.3 Å². The van der Waals surface area contributed by atoms with Crippen LogP contribution in [0.25, 0.3) is 33.5 Å². The first-order valence-corrected chi connectivity index (χ1v) is 10.2. The van der Waals surface area contributed by atoms with Crippen LogP contribution in [0, 0.1) is 0 Å². The quantitative estimate of drug-likeness (QED) is 0.310. The molecule has 160 valence electrons. The van der Waals surface area contributed by atoms with E-state index in [0.29, 0.717) is 34.4 Å². The van der Waals surface area contributed by atoms with Crippen molar-refractivity contribution in [2.75, 3.05) is 20.8 Å². The van der Waals surface area contributed by atoms with Gasteiger partial charge in [0.2, 0.25) is 11.1 Å². The van der Waals surface area contributed by atoms with Crippen LogP contribution in [-0.4, -0.2) is 30.4 Å². The van der Waals surface area contributed by atoms with Gasteiger partial charge in [-0.25, -0.2) is 0 Å². The van der Waals surface area contributed by atoms with Crippen molar-refractivity contribution in [3.05, 3.63) is 67.0 Å². The fourth-order valence-corrected chi connectivity index (χ4v) is 3.89. The molecule has 4 rings (SSSR count). The first-order valence-electron chi connectivity index (χ1n) is 9.44. The predicted molar refractivity (Wildman–Crippen MR) is 121 cm³/mol. The average molecular weight is 461 g/mol. The SMILES string of the molecule is COCCCn1c(-c2ccc(Cl)cc2Cl)nc2oc3cc(OC)ccc3c(=O)c2c1=O. The summed E-state index contributed by atoms with van der Waals surface area (Å²) in [6.45, 7) is 0.717. The highest BCUT2D eigenvalue weighted by Gasteiger charge is 2.20. The minimum Gasteiger partial charge on any atom is -0.497 e. The summed E-state index contributed by atoms with van der Waals surface area (Å²) in [5.74, 6) is 0.796. The minimum absolute atomic E-state index is 0.0697. The van der Waals surface area contributed by atoms with Gasteiger partial charge in [0.15, 0.2) is 5.39 Å². The lowest BCUT2D eigenvalue weighted by Gasteiger charge is -2.14. The van der Waals surface area contributed by atoms with Crippen LogP contribution in [0.2, 0.25) is 10.0 Å². The van der Waals surface area contributed by atoms with Crippen LogP contribution in [0.1, 0.15) is 6.42 Å². The molecule has 0 aliphatic rings. The van der Waals surface area contributed by atoms with E-state index in [1.54, 1.807) is 43.5 Å². The number of hydrogen-bond acceptors (Lipinski definition) is 6. The van der Waals surface area contributed by atoms with E-state index in [2.05, 4.69) is 4.98 Å². The van der Waals surface area contributed by atoms with Gasteiger partial charge in [-0.2, -0.15) is 4.98 Å². The normalized spacial score (nSPS) is 11.4. The molecule has 0 saturated carbocycles. The number of methoxy groups -OCH3 is 2. The molecular weight excluding hydrogens is 443 g/mol. The monoisotopic (exact) mass is 460 g/mol. The van der Waals surface area contributed by atoms with Crippen molar-refractivity contribution in [2.45, 2.75) is 13.0 Å². The zero-order valence-electron chi connectivity index (χ0n) is 16.8. The van der Waals surface area contributed by atoms with Crippen molar-refractivity contribution in [1.82, 2.24) is 9.55 Å². The Bertz CT molecular complexity index is 1410. The Morgan fingerprint density at radius 3 is 2.61 bits per heavy atom. The molecule has 2 aromatic heterocycles. The zero-order chi connectivity index (χ0) is 22.1. The van der Waals surface area contributed by atoms with Crippen molar-refractivity contribution in [1.29, 1.82) is 0 Å². The summed E-state index contributed by atoms with van der Waals surface area (Å²) in [5.41, 5.74) is -0.260. The fourth-order valence-electron chi connectivity index (χ4n) is 3.39. The highest BCUT2D eigenvalue weighted by atomic mass is 35.5. The van der Waals surface area contributed by atoms with Gasteiger partial charge in [-0.1, -0.05) is 23.2 Å². The lowest BCUT2D eigenvalue weighted by Crippen LogP contribution is -2.28. The van der Waals surface area contributed by atoms with E-state index < -0.39 is 11.0 Å². The number of rotatable bonds is 6. The molecule has 2 heterocycles. The van der Waals surface area contributed by atoms with Crippen LogP contribution < -0.4 is 15.7 Å². The molecule has 2 aromatic carbocycles. The lowest BCUT2D eigenvalue weighted by atomic mass is 10.1. The maximum absolute atomic E-state index is 13.4. The number of halogens is 2. The predicted octanol–water partition coefficient (Wildman–Crippen LogP) is 4.52. The third-order valence-electron chi connectivity index (χ3n) is 4.91. The zero-order valence-corrected chi connectivity index (χ0v) is 18.3. The Morgan fingerprint density at radius 1 is 1.10 bits per heavy atom. The number of benzene rings is 2. The number of hydrogen-bond donors (Lipinski definition) is 0. The van der Waals surface area contributed by atoms with Crippen LogP contribution in [-0.2, 0) is 11.3 Å². The lowest BCUT2D eigenvalue weighted by molar-refractivity contribution is 0.190. The topological polar surface area (TPSA) is 83.6 Å². The molecule has 0 saturated heterocycles. The third-order valence-corrected chi connectivity index (χ3v) is 5.45. The summed E-state index contributed by atoms with van der Waals surface area (Å²) >= 11 is 12.4. The molecule has 31 heavy (non-hydrogen) atoms. The Kier molecular flexibility index (Phi) is 6.00. The molecule has 0 bridgehead atoms. The number of aromatic nitrogens is 2. The third kappa shape index (κ3) is 3.92. The van der Waals surface area contributed by atoms with Gasteiger partial charge in [0.25, 0.3) is 5.56 Å². The minimum atomic E-state index is -0.506. The van der Waals surface area contributed by atoms with Gasteiger partial charge in [0, 0.05) is 36.9 Å². The first-order chi connectivity index (χ1) is 14.9. The van der Waals surface area contributed by atoms with Crippen molar-refractivity contribution in [2.24, 2.45) is 0 Å². The van der Waals surface area contributed by atoms with Gasteiger partial charge in [0.05, 0.1) is 17.5 Å². The molecule has 0 N–H and O–H groups in total. The van der Waals surface area contributed by atoms with E-state index in [0.717, 1.165) is 0 Å². The molecule has 0 atom stereocenters. The van der Waals surface area contributed by atoms with Crippen LogP contribution >= 0.6 is 23.2 Å². The summed E-state index contributed by atoms with van der Waals surface area (Å²) in [7, 11) is 3.09. The second kappa shape index (κ2) is 8.70. The largest absolute Gasteiger partial charge is 0.497 e. The van der Waals surface area contributed by atoms with E-state index in [1.807, 2.05) is 0 Å². The average Bonchev–Trinajstić information content (AvgIpc) is 2.75. The van der Waals surface area contributed by atoms with Crippen LogP contribution in [0.4, 0.5) is 0 Å². The van der Waals surface area contributed by atoms with Gasteiger partial charge in [0.1, 0.15) is 17.2 Å². The summed E-state index contributed by atoms with van der Waals surface area (Å²) in [6.07, 6.45) is 0.540. The second-order valence-corrected chi connectivity index (χ2v) is 7.68. The summed E-state index contributed by atoms with van der Waals surface area (Å²) in [4.78, 5) is 31.1. The van der Waals surface area contributed by atoms with Crippen LogP contribution in [0.15, 0.2) is 50.4 Å². The number of ether oxygens (including phenoxy) is 2. The van der Waals surface area contributed by atoms with E-state index >= 15 is 0 Å². The molecule has 0 unspecified atom stereocenters. The van der Waals surface area contributed by atoms with Crippen molar-refractivity contribution < 1.29 is 13.9 Å². The van der Waals surface area contributed by atoms with E-state index in [1.165, 1.54) is 11.7 Å². The molecule has 0 amide bonds. The summed E-state index contributed by atoms with van der Waals surface area (Å²) < 4.78 is 17.6. The molecule has 0 fully saturated rings. The maximum atomic E-state index is 13.4. The van der Waals surface area contributed by atoms with Crippen molar-refractivity contribution in [3.8, 4) is 17.1 Å². The molecular formula is C22H18Cl2N2O5. The number of fused-ring (bicyclic) bond motifs is 2. The standard InChI is InChI=1S/C22H18Cl2N2O5/c1-29-9-3-8-26-20(14-6-4-12(23)10-16(14)24)25-21-18(22(26)28)19(27)15-7-5-13(30-2)11-17(15)31-21/h4-7,10-11H,3,8-9H2,1-2H3. The van der Waals surface area contributed by atoms with Gasteiger partial charge in [-0.15, -0.1) is 0 Å². The smallest absolute Gasteiger partial charge is 0.269 e. The van der Waals surface area contributed by atoms with Crippen molar-refractivity contribution in [3.63, 3.8) is 0 Å². The Hall–Kier alpha value is -2.87. The highest BCUT2D eigenvalue weighted by molar-refractivity contribution is 6.36. The number of nitrogens with zero attached hydrogens (tertiary/aromatic N) is 2. The van der Waals surface area contributed by atoms with Gasteiger partial charge < -0.3 is 13.9 Å². The second-order valence-electron chi connectivity index (χ2n) is 6.84. The molecule has 7 nitrogen and oxygen atoms in total. The van der Waals surface area contributed by atoms with E-state index in [-0.39, 0.29) is 34.4 Å². The fraction of sp³-hybridized carbons (Fsp3) is 0.227. The molecule has 0 aliphatic carbocycles. The summed E-state index contributed by atoms with van der Waals surface area (Å²) in [6, 6.07) is 9.68.